The number of rotatable bonds is 0. The van der Waals surface area contributed by atoms with Crippen LogP contribution in [0.1, 0.15) is 39.5 Å². The molecule has 13 heavy (non-hydrogen) atoms. The Morgan fingerprint density at radius 3 is 2.38 bits per heavy atom. The molecule has 1 heteroatoms. The van der Waals surface area contributed by atoms with Crippen LogP contribution in [0.2, 0.25) is 0 Å². The highest BCUT2D eigenvalue weighted by Crippen LogP contribution is 2.46. The lowest BCUT2D eigenvalue weighted by Gasteiger charge is -2.23. The van der Waals surface area contributed by atoms with Crippen LogP contribution in [0.3, 0.4) is 0 Å². The molecule has 1 aliphatic carbocycles. The van der Waals surface area contributed by atoms with E-state index < -0.39 is 0 Å². The zero-order valence-corrected chi connectivity index (χ0v) is 8.60. The van der Waals surface area contributed by atoms with Crippen LogP contribution in [0.25, 0.3) is 0 Å². The second kappa shape index (κ2) is 3.30. The molecule has 1 saturated heterocycles. The Morgan fingerprint density at radius 2 is 1.85 bits per heavy atom. The van der Waals surface area contributed by atoms with Gasteiger partial charge in [-0.3, -0.25) is 0 Å². The molecule has 1 saturated carbocycles. The Balaban J connectivity index is 2.32. The van der Waals surface area contributed by atoms with Crippen LogP contribution in [0.15, 0.2) is 23.3 Å². The van der Waals surface area contributed by atoms with Crippen LogP contribution >= 0.6 is 0 Å². The van der Waals surface area contributed by atoms with E-state index in [2.05, 4.69) is 26.0 Å². The lowest BCUT2D eigenvalue weighted by atomic mass is 9.89. The van der Waals surface area contributed by atoms with Gasteiger partial charge in [0.15, 0.2) is 0 Å². The smallest absolute Gasteiger partial charge is 0.0936 e. The van der Waals surface area contributed by atoms with Gasteiger partial charge in [-0.25, -0.2) is 0 Å². The first-order chi connectivity index (χ1) is 6.32. The lowest BCUT2D eigenvalue weighted by Crippen LogP contribution is -2.25. The predicted octanol–water partition coefficient (Wildman–Crippen LogP) is 3.22. The van der Waals surface area contributed by atoms with Gasteiger partial charge in [0, 0.05) is 0 Å². The first-order valence-electron chi connectivity index (χ1n) is 5.29. The summed E-state index contributed by atoms with van der Waals surface area (Å²) in [5, 5.41) is 0. The van der Waals surface area contributed by atoms with Crippen molar-refractivity contribution in [2.75, 3.05) is 6.61 Å². The average molecular weight is 178 g/mol. The molecule has 2 rings (SSSR count). The molecular formula is C12H18O. The molecule has 1 nitrogen and oxygen atoms in total. The minimum atomic E-state index is 0.122. The summed E-state index contributed by atoms with van der Waals surface area (Å²) < 4.78 is 5.97. The number of hydrogen-bond donors (Lipinski definition) is 0. The Kier molecular flexibility index (Phi) is 2.29. The predicted molar refractivity (Wildman–Crippen MR) is 54.7 cm³/mol. The molecule has 0 radical (unpaired) electrons. The molecule has 0 N–H and O–H groups in total. The van der Waals surface area contributed by atoms with Gasteiger partial charge in [-0.1, -0.05) is 25.0 Å². The van der Waals surface area contributed by atoms with Gasteiger partial charge in [0.05, 0.1) is 12.2 Å². The fraction of sp³-hybridized carbons (Fsp3) is 0.667. The van der Waals surface area contributed by atoms with Gasteiger partial charge < -0.3 is 4.74 Å². The minimum Gasteiger partial charge on any atom is -0.366 e. The number of allylic oxidation sites excluding steroid dienone is 2. The first-order valence-corrected chi connectivity index (χ1v) is 5.29. The van der Waals surface area contributed by atoms with Crippen molar-refractivity contribution in [3.05, 3.63) is 23.3 Å². The van der Waals surface area contributed by atoms with Crippen molar-refractivity contribution in [3.63, 3.8) is 0 Å². The van der Waals surface area contributed by atoms with Crippen molar-refractivity contribution in [2.24, 2.45) is 0 Å². The second-order valence-corrected chi connectivity index (χ2v) is 4.01. The van der Waals surface area contributed by atoms with E-state index in [9.17, 15) is 0 Å². The van der Waals surface area contributed by atoms with Crippen molar-refractivity contribution < 1.29 is 4.74 Å². The van der Waals surface area contributed by atoms with Crippen LogP contribution in [-0.4, -0.2) is 12.2 Å². The van der Waals surface area contributed by atoms with Crippen molar-refractivity contribution in [1.29, 1.82) is 0 Å². The SMILES string of the molecule is CC=C1COC2(CCCC2)C1=CC. The summed E-state index contributed by atoms with van der Waals surface area (Å²) in [5.41, 5.74) is 2.99. The van der Waals surface area contributed by atoms with Gasteiger partial charge >= 0.3 is 0 Å². The van der Waals surface area contributed by atoms with E-state index in [0.717, 1.165) is 6.61 Å². The molecule has 0 atom stereocenters. The van der Waals surface area contributed by atoms with Gasteiger partial charge in [-0.15, -0.1) is 0 Å². The molecule has 2 aliphatic rings. The summed E-state index contributed by atoms with van der Waals surface area (Å²) in [6, 6.07) is 0. The Labute approximate surface area is 80.5 Å². The summed E-state index contributed by atoms with van der Waals surface area (Å²) in [7, 11) is 0. The standard InChI is InChI=1S/C12H18O/c1-3-10-9-13-12(11(10)4-2)7-5-6-8-12/h3-4H,5-9H2,1-2H3. The van der Waals surface area contributed by atoms with Crippen LogP contribution in [0, 0.1) is 0 Å². The van der Waals surface area contributed by atoms with Crippen LogP contribution in [-0.2, 0) is 4.74 Å². The molecule has 0 aromatic heterocycles. The molecule has 0 aromatic carbocycles. The molecule has 2 fully saturated rings. The van der Waals surface area contributed by atoms with Gasteiger partial charge in [0.2, 0.25) is 0 Å². The summed E-state index contributed by atoms with van der Waals surface area (Å²) in [4.78, 5) is 0. The van der Waals surface area contributed by atoms with Gasteiger partial charge in [0.25, 0.3) is 0 Å². The maximum absolute atomic E-state index is 5.97. The van der Waals surface area contributed by atoms with Crippen molar-refractivity contribution in [2.45, 2.75) is 45.1 Å². The van der Waals surface area contributed by atoms with Crippen molar-refractivity contribution >= 4 is 0 Å². The van der Waals surface area contributed by atoms with E-state index in [1.54, 1.807) is 0 Å². The summed E-state index contributed by atoms with van der Waals surface area (Å²) >= 11 is 0. The molecule has 0 amide bonds. The van der Waals surface area contributed by atoms with E-state index in [4.69, 9.17) is 4.74 Å². The quantitative estimate of drug-likeness (QED) is 0.553. The maximum atomic E-state index is 5.97. The highest BCUT2D eigenvalue weighted by Gasteiger charge is 2.43. The van der Waals surface area contributed by atoms with Crippen molar-refractivity contribution in [1.82, 2.24) is 0 Å². The van der Waals surface area contributed by atoms with E-state index in [-0.39, 0.29) is 5.60 Å². The third kappa shape index (κ3) is 1.26. The van der Waals surface area contributed by atoms with E-state index in [1.165, 1.54) is 36.8 Å². The topological polar surface area (TPSA) is 9.23 Å². The largest absolute Gasteiger partial charge is 0.366 e. The van der Waals surface area contributed by atoms with E-state index >= 15 is 0 Å². The van der Waals surface area contributed by atoms with Gasteiger partial charge in [-0.05, 0) is 37.8 Å². The van der Waals surface area contributed by atoms with Gasteiger partial charge in [-0.2, -0.15) is 0 Å². The molecule has 0 unspecified atom stereocenters. The lowest BCUT2D eigenvalue weighted by molar-refractivity contribution is 0.0330. The zero-order chi connectivity index (χ0) is 9.31. The molecule has 1 heterocycles. The summed E-state index contributed by atoms with van der Waals surface area (Å²) in [6.45, 7) is 5.07. The van der Waals surface area contributed by atoms with E-state index in [1.807, 2.05) is 0 Å². The third-order valence-corrected chi connectivity index (χ3v) is 3.39. The summed E-state index contributed by atoms with van der Waals surface area (Å²) in [5.74, 6) is 0. The summed E-state index contributed by atoms with van der Waals surface area (Å²) in [6.07, 6.45) is 9.55. The average Bonchev–Trinajstić information content (AvgIpc) is 2.74. The van der Waals surface area contributed by atoms with Crippen LogP contribution in [0.5, 0.6) is 0 Å². The Bertz CT molecular complexity index is 254. The normalized spacial score (nSPS) is 32.5. The molecule has 1 aliphatic heterocycles. The first kappa shape index (κ1) is 9.01. The number of ether oxygens (including phenoxy) is 1. The third-order valence-electron chi connectivity index (χ3n) is 3.39. The molecule has 1 spiro atoms. The van der Waals surface area contributed by atoms with Crippen LogP contribution < -0.4 is 0 Å². The van der Waals surface area contributed by atoms with Crippen molar-refractivity contribution in [3.8, 4) is 0 Å². The molecular weight excluding hydrogens is 160 g/mol. The Hall–Kier alpha value is -0.560. The Morgan fingerprint density at radius 1 is 1.15 bits per heavy atom. The zero-order valence-electron chi connectivity index (χ0n) is 8.60. The monoisotopic (exact) mass is 178 g/mol. The number of hydrogen-bond acceptors (Lipinski definition) is 1. The minimum absolute atomic E-state index is 0.122. The molecule has 0 aromatic rings. The van der Waals surface area contributed by atoms with E-state index in [0.29, 0.717) is 0 Å². The fourth-order valence-electron chi connectivity index (χ4n) is 2.71. The second-order valence-electron chi connectivity index (χ2n) is 4.01. The molecule has 0 bridgehead atoms. The van der Waals surface area contributed by atoms with Gasteiger partial charge in [0.1, 0.15) is 0 Å². The van der Waals surface area contributed by atoms with Crippen LogP contribution in [0.4, 0.5) is 0 Å². The fourth-order valence-corrected chi connectivity index (χ4v) is 2.71. The highest BCUT2D eigenvalue weighted by molar-refractivity contribution is 5.42. The highest BCUT2D eigenvalue weighted by atomic mass is 16.5. The molecule has 72 valence electrons. The maximum Gasteiger partial charge on any atom is 0.0936 e.